The molecule has 0 unspecified atom stereocenters. The van der Waals surface area contributed by atoms with Crippen LogP contribution in [0, 0.1) is 0 Å². The van der Waals surface area contributed by atoms with Gasteiger partial charge < -0.3 is 10.6 Å². The Labute approximate surface area is 146 Å². The van der Waals surface area contributed by atoms with Crippen molar-refractivity contribution in [1.82, 2.24) is 0 Å². The maximum atomic E-state index is 12.3. The number of carbonyl (C=O) groups is 2. The average molecular weight is 340 g/mol. The number of benzene rings is 2. The van der Waals surface area contributed by atoms with Gasteiger partial charge in [-0.25, -0.2) is 0 Å². The number of hydrogen-bond donors (Lipinski definition) is 2. The molecule has 0 bridgehead atoms. The number of hydrogen-bond acceptors (Lipinski definition) is 3. The van der Waals surface area contributed by atoms with Crippen molar-refractivity contribution >= 4 is 35.0 Å². The number of carbonyl (C=O) groups excluding carboxylic acids is 2. The van der Waals surface area contributed by atoms with Crippen molar-refractivity contribution in [2.45, 2.75) is 36.3 Å². The summed E-state index contributed by atoms with van der Waals surface area (Å²) in [7, 11) is 0. The highest BCUT2D eigenvalue weighted by Crippen LogP contribution is 2.36. The fraction of sp³-hybridized carbons (Fsp3) is 0.263. The molecule has 0 saturated carbocycles. The van der Waals surface area contributed by atoms with Crippen LogP contribution in [0.1, 0.15) is 31.7 Å². The molecule has 0 radical (unpaired) electrons. The smallest absolute Gasteiger partial charge is 0.238 e. The Morgan fingerprint density at radius 2 is 1.88 bits per heavy atom. The summed E-state index contributed by atoms with van der Waals surface area (Å²) in [6.07, 6.45) is 0.150. The number of nitrogens with one attached hydrogen (secondary N) is 2. The molecule has 2 aromatic carbocycles. The monoisotopic (exact) mass is 340 g/mol. The highest BCUT2D eigenvalue weighted by Gasteiger charge is 2.28. The molecule has 0 saturated heterocycles. The zero-order valence-corrected chi connectivity index (χ0v) is 14.5. The summed E-state index contributed by atoms with van der Waals surface area (Å²) in [5.74, 6) is 0.181. The molecule has 0 aliphatic carbocycles. The van der Waals surface area contributed by atoms with Gasteiger partial charge in [-0.15, -0.1) is 11.8 Å². The van der Waals surface area contributed by atoms with Gasteiger partial charge in [0.25, 0.3) is 0 Å². The van der Waals surface area contributed by atoms with Gasteiger partial charge in [-0.1, -0.05) is 38.1 Å². The number of rotatable bonds is 4. The largest absolute Gasteiger partial charge is 0.326 e. The zero-order valence-electron chi connectivity index (χ0n) is 13.7. The molecule has 24 heavy (non-hydrogen) atoms. The van der Waals surface area contributed by atoms with Gasteiger partial charge in [0, 0.05) is 17.0 Å². The summed E-state index contributed by atoms with van der Waals surface area (Å²) >= 11 is 1.44. The first-order valence-electron chi connectivity index (χ1n) is 7.99. The van der Waals surface area contributed by atoms with Crippen molar-refractivity contribution in [3.63, 3.8) is 0 Å². The fourth-order valence-electron chi connectivity index (χ4n) is 2.56. The Balaban J connectivity index is 1.62. The molecule has 3 rings (SSSR count). The molecule has 124 valence electrons. The second kappa shape index (κ2) is 7.09. The van der Waals surface area contributed by atoms with Gasteiger partial charge in [0.1, 0.15) is 0 Å². The van der Waals surface area contributed by atoms with Crippen molar-refractivity contribution in [3.8, 4) is 0 Å². The molecular weight excluding hydrogens is 320 g/mol. The van der Waals surface area contributed by atoms with Crippen molar-refractivity contribution in [3.05, 3.63) is 54.1 Å². The lowest BCUT2D eigenvalue weighted by atomic mass is 10.0. The first-order valence-corrected chi connectivity index (χ1v) is 8.87. The fourth-order valence-corrected chi connectivity index (χ4v) is 3.67. The summed E-state index contributed by atoms with van der Waals surface area (Å²) in [5, 5.41) is 5.32. The third-order valence-corrected chi connectivity index (χ3v) is 5.21. The van der Waals surface area contributed by atoms with Crippen molar-refractivity contribution in [2.24, 2.45) is 0 Å². The Hall–Kier alpha value is -2.27. The van der Waals surface area contributed by atoms with E-state index in [2.05, 4.69) is 24.5 Å². The van der Waals surface area contributed by atoms with Gasteiger partial charge >= 0.3 is 0 Å². The summed E-state index contributed by atoms with van der Waals surface area (Å²) in [5.41, 5.74) is 2.80. The van der Waals surface area contributed by atoms with Crippen LogP contribution in [-0.2, 0) is 9.59 Å². The molecule has 2 aromatic rings. The number of anilines is 2. The molecule has 2 N–H and O–H groups in total. The number of para-hydroxylation sites is 1. The van der Waals surface area contributed by atoms with Crippen LogP contribution in [0.4, 0.5) is 11.4 Å². The van der Waals surface area contributed by atoms with E-state index in [1.165, 1.54) is 17.3 Å². The van der Waals surface area contributed by atoms with E-state index in [-0.39, 0.29) is 18.2 Å². The molecule has 1 aliphatic rings. The van der Waals surface area contributed by atoms with Crippen LogP contribution < -0.4 is 10.6 Å². The Bertz CT molecular complexity index is 756. The standard InChI is InChI=1S/C19H20N2O2S/c1-12(2)13-7-9-14(10-8-13)20-18(22)11-17-19(23)21-15-5-3-4-6-16(15)24-17/h3-10,12,17H,11H2,1-2H3,(H,20,22)(H,21,23)/t17-/m1/s1. The lowest BCUT2D eigenvalue weighted by Gasteiger charge is -2.23. The van der Waals surface area contributed by atoms with E-state index in [0.29, 0.717) is 5.92 Å². The van der Waals surface area contributed by atoms with Crippen LogP contribution in [0.2, 0.25) is 0 Å². The van der Waals surface area contributed by atoms with E-state index in [1.807, 2.05) is 48.5 Å². The van der Waals surface area contributed by atoms with Crippen molar-refractivity contribution in [1.29, 1.82) is 0 Å². The van der Waals surface area contributed by atoms with Crippen LogP contribution in [-0.4, -0.2) is 17.1 Å². The van der Waals surface area contributed by atoms with Gasteiger partial charge in [0.2, 0.25) is 11.8 Å². The van der Waals surface area contributed by atoms with Crippen LogP contribution in [0.15, 0.2) is 53.4 Å². The summed E-state index contributed by atoms with van der Waals surface area (Å²) < 4.78 is 0. The summed E-state index contributed by atoms with van der Waals surface area (Å²) in [6, 6.07) is 15.5. The van der Waals surface area contributed by atoms with E-state index in [0.717, 1.165) is 16.3 Å². The molecule has 1 heterocycles. The average Bonchev–Trinajstić information content (AvgIpc) is 2.56. The number of amides is 2. The molecular formula is C19H20N2O2S. The van der Waals surface area contributed by atoms with Gasteiger partial charge in [-0.05, 0) is 35.7 Å². The normalized spacial score (nSPS) is 16.5. The number of thioether (sulfide) groups is 1. The van der Waals surface area contributed by atoms with Crippen LogP contribution in [0.25, 0.3) is 0 Å². The topological polar surface area (TPSA) is 58.2 Å². The molecule has 0 aromatic heterocycles. The Morgan fingerprint density at radius 1 is 1.17 bits per heavy atom. The maximum Gasteiger partial charge on any atom is 0.238 e. The van der Waals surface area contributed by atoms with E-state index in [9.17, 15) is 9.59 Å². The van der Waals surface area contributed by atoms with Crippen LogP contribution >= 0.6 is 11.8 Å². The molecule has 0 fully saturated rings. The van der Waals surface area contributed by atoms with Crippen molar-refractivity contribution in [2.75, 3.05) is 10.6 Å². The first-order chi connectivity index (χ1) is 11.5. The second-order valence-corrected chi connectivity index (χ2v) is 7.37. The van der Waals surface area contributed by atoms with Crippen molar-refractivity contribution < 1.29 is 9.59 Å². The zero-order chi connectivity index (χ0) is 17.1. The highest BCUT2D eigenvalue weighted by atomic mass is 32.2. The minimum absolute atomic E-state index is 0.121. The van der Waals surface area contributed by atoms with Crippen LogP contribution in [0.3, 0.4) is 0 Å². The summed E-state index contributed by atoms with van der Waals surface area (Å²) in [4.78, 5) is 25.4. The van der Waals surface area contributed by atoms with Gasteiger partial charge in [0.05, 0.1) is 10.9 Å². The van der Waals surface area contributed by atoms with Crippen LogP contribution in [0.5, 0.6) is 0 Å². The lowest BCUT2D eigenvalue weighted by molar-refractivity contribution is -0.120. The van der Waals surface area contributed by atoms with Gasteiger partial charge in [-0.2, -0.15) is 0 Å². The first kappa shape index (κ1) is 16.6. The Kier molecular flexibility index (Phi) is 4.90. The molecule has 2 amide bonds. The van der Waals surface area contributed by atoms with E-state index in [4.69, 9.17) is 0 Å². The SMILES string of the molecule is CC(C)c1ccc(NC(=O)C[C@H]2Sc3ccccc3NC2=O)cc1. The van der Waals surface area contributed by atoms with E-state index >= 15 is 0 Å². The second-order valence-electron chi connectivity index (χ2n) is 6.12. The third-order valence-electron chi connectivity index (χ3n) is 3.94. The maximum absolute atomic E-state index is 12.3. The lowest BCUT2D eigenvalue weighted by Crippen LogP contribution is -2.32. The molecule has 5 heteroatoms. The highest BCUT2D eigenvalue weighted by molar-refractivity contribution is 8.01. The van der Waals surface area contributed by atoms with Gasteiger partial charge in [-0.3, -0.25) is 9.59 Å². The summed E-state index contributed by atoms with van der Waals surface area (Å²) in [6.45, 7) is 4.26. The Morgan fingerprint density at radius 3 is 2.58 bits per heavy atom. The predicted molar refractivity (Wildman–Crippen MR) is 98.5 cm³/mol. The molecule has 1 atom stereocenters. The van der Waals surface area contributed by atoms with E-state index in [1.54, 1.807) is 0 Å². The minimum atomic E-state index is -0.408. The molecule has 4 nitrogen and oxygen atoms in total. The quantitative estimate of drug-likeness (QED) is 0.875. The molecule has 1 aliphatic heterocycles. The number of fused-ring (bicyclic) bond motifs is 1. The van der Waals surface area contributed by atoms with Gasteiger partial charge in [0.15, 0.2) is 0 Å². The predicted octanol–water partition coefficient (Wildman–Crippen LogP) is 4.25. The third kappa shape index (κ3) is 3.79. The minimum Gasteiger partial charge on any atom is -0.326 e. The molecule has 0 spiro atoms. The van der Waals surface area contributed by atoms with E-state index < -0.39 is 5.25 Å².